The van der Waals surface area contributed by atoms with Gasteiger partial charge in [-0.3, -0.25) is 0 Å². The molecule has 1 spiro atoms. The Balaban J connectivity index is 1.77. The number of fused-ring (bicyclic) bond motifs is 3. The summed E-state index contributed by atoms with van der Waals surface area (Å²) in [5.41, 5.74) is -6.72. The summed E-state index contributed by atoms with van der Waals surface area (Å²) >= 11 is -0.234. The molecule has 0 saturated heterocycles. The van der Waals surface area contributed by atoms with Crippen molar-refractivity contribution in [1.82, 2.24) is 0 Å². The number of allylic oxidation sites excluding steroid dienone is 4. The van der Waals surface area contributed by atoms with Gasteiger partial charge in [0, 0.05) is 0 Å². The molecule has 6 nitrogen and oxygen atoms in total. The number of hydrogen-bond donors (Lipinski definition) is 0. The van der Waals surface area contributed by atoms with E-state index in [9.17, 15) is 21.6 Å². The SMILES string of the molecule is C[C@@H]1C[C@]2(O[Si](C)(C)C(C)(C)C)[C@H]([C@H]3C(=O)[C@]14C=C(OS(=O)(=O)C(F)(F)F)C=C4C=C(CO[Si](C)(C)C(C)(C)C)[C@@H]3[Se]c1ccccc1)C2(C)C. The van der Waals surface area contributed by atoms with Crippen LogP contribution in [0.3, 0.4) is 0 Å². The van der Waals surface area contributed by atoms with Gasteiger partial charge in [0.15, 0.2) is 0 Å². The van der Waals surface area contributed by atoms with Crippen molar-refractivity contribution in [2.75, 3.05) is 6.61 Å². The summed E-state index contributed by atoms with van der Waals surface area (Å²) in [6.45, 7) is 28.5. The van der Waals surface area contributed by atoms with E-state index in [0.717, 1.165) is 10.0 Å². The summed E-state index contributed by atoms with van der Waals surface area (Å²) in [6, 6.07) is 10.1. The van der Waals surface area contributed by atoms with Crippen molar-refractivity contribution in [2.45, 2.75) is 121 Å². The van der Waals surface area contributed by atoms with Crippen LogP contribution in [0.25, 0.3) is 0 Å². The molecule has 0 N–H and O–H groups in total. The maximum atomic E-state index is 15.7. The van der Waals surface area contributed by atoms with Crippen LogP contribution in [0.1, 0.15) is 68.7 Å². The van der Waals surface area contributed by atoms with Gasteiger partial charge >= 0.3 is 313 Å². The predicted molar refractivity (Wildman–Crippen MR) is 202 cm³/mol. The van der Waals surface area contributed by atoms with E-state index in [2.05, 4.69) is 93.7 Å². The van der Waals surface area contributed by atoms with E-state index in [0.29, 0.717) is 12.0 Å². The molecule has 5 rings (SSSR count). The molecule has 0 heterocycles. The van der Waals surface area contributed by atoms with Gasteiger partial charge in [-0.2, -0.15) is 0 Å². The van der Waals surface area contributed by atoms with Crippen LogP contribution >= 0.6 is 0 Å². The van der Waals surface area contributed by atoms with E-state index in [-0.39, 0.29) is 53.6 Å². The summed E-state index contributed by atoms with van der Waals surface area (Å²) in [6.07, 6.45) is 5.12. The second-order valence-electron chi connectivity index (χ2n) is 18.6. The third-order valence-corrected chi connectivity index (χ3v) is 25.9. The monoisotopic (exact) mass is 832 g/mol. The number of benzene rings is 1. The van der Waals surface area contributed by atoms with Crippen molar-refractivity contribution in [3.63, 3.8) is 0 Å². The predicted octanol–water partition coefficient (Wildman–Crippen LogP) is 9.08. The van der Waals surface area contributed by atoms with Crippen LogP contribution in [0.15, 0.2) is 65.5 Å². The Hall–Kier alpha value is -1.48. The first-order chi connectivity index (χ1) is 23.0. The molecule has 0 radical (unpaired) electrons. The van der Waals surface area contributed by atoms with Gasteiger partial charge in [-0.15, -0.1) is 0 Å². The minimum atomic E-state index is -5.97. The molecule has 4 aliphatic rings. The van der Waals surface area contributed by atoms with Crippen molar-refractivity contribution >= 4 is 52.0 Å². The third-order valence-electron chi connectivity index (χ3n) is 13.1. The molecule has 2 bridgehead atoms. The molecule has 6 atom stereocenters. The van der Waals surface area contributed by atoms with E-state index >= 15 is 4.79 Å². The van der Waals surface area contributed by atoms with Gasteiger partial charge in [0.05, 0.1) is 0 Å². The Morgan fingerprint density at radius 2 is 1.49 bits per heavy atom. The Bertz CT molecular complexity index is 1770. The van der Waals surface area contributed by atoms with Crippen LogP contribution < -0.4 is 4.46 Å². The first-order valence-electron chi connectivity index (χ1n) is 17.7. The van der Waals surface area contributed by atoms with Gasteiger partial charge in [-0.1, -0.05) is 0 Å². The normalized spacial score (nSPS) is 31.1. The van der Waals surface area contributed by atoms with Crippen molar-refractivity contribution in [1.29, 1.82) is 0 Å². The number of halogens is 3. The molecule has 0 aliphatic heterocycles. The van der Waals surface area contributed by atoms with Gasteiger partial charge in [0.2, 0.25) is 0 Å². The molecule has 4 aliphatic carbocycles. The maximum absolute atomic E-state index is 15.7. The van der Waals surface area contributed by atoms with Crippen molar-refractivity contribution in [3.8, 4) is 0 Å². The fourth-order valence-corrected chi connectivity index (χ4v) is 13.9. The first kappa shape index (κ1) is 40.7. The molecule has 284 valence electrons. The van der Waals surface area contributed by atoms with Crippen LogP contribution in [0.4, 0.5) is 13.2 Å². The molecule has 0 amide bonds. The van der Waals surface area contributed by atoms with Crippen molar-refractivity contribution in [2.24, 2.45) is 28.6 Å². The molecular formula is C38H55F3O6SSeSi2. The average molecular weight is 832 g/mol. The first-order valence-corrected chi connectivity index (χ1v) is 26.8. The molecule has 0 unspecified atom stereocenters. The van der Waals surface area contributed by atoms with Crippen molar-refractivity contribution < 1.29 is 39.4 Å². The van der Waals surface area contributed by atoms with E-state index in [1.165, 1.54) is 12.2 Å². The second-order valence-corrected chi connectivity index (χ2v) is 32.2. The van der Waals surface area contributed by atoms with E-state index in [4.69, 9.17) is 13.0 Å². The summed E-state index contributed by atoms with van der Waals surface area (Å²) in [4.78, 5) is 15.5. The van der Waals surface area contributed by atoms with E-state index in [1.807, 2.05) is 31.2 Å². The number of Topliss-reactive ketones (excluding diaryl/α,β-unsaturated/α-hetero) is 1. The zero-order valence-electron chi connectivity index (χ0n) is 32.2. The Morgan fingerprint density at radius 3 is 2.02 bits per heavy atom. The Labute approximate surface area is 311 Å². The topological polar surface area (TPSA) is 78.9 Å². The molecule has 0 aromatic heterocycles. The van der Waals surface area contributed by atoms with Crippen LogP contribution in [-0.2, 0) is 27.9 Å². The molecular weight excluding hydrogens is 777 g/mol. The molecule has 2 saturated carbocycles. The summed E-state index contributed by atoms with van der Waals surface area (Å²) < 4.78 is 85.7. The van der Waals surface area contributed by atoms with Gasteiger partial charge in [0.1, 0.15) is 0 Å². The molecule has 51 heavy (non-hydrogen) atoms. The molecule has 1 aromatic rings. The standard InChI is InChI=1S/C38H55F3O6SSeSi2/c1-24-21-37(47-51(12,13)34(5,6)7)31(35(37,8)9)29-30(49-28-17-15-14-16-18-28)25(23-45-50(10,11)33(2,3)4)19-26-20-27(22-36(24,26)32(29)42)46-48(43,44)38(39,40)41/h14-20,22,24,29-31H,21,23H2,1-13H3/t24-,29+,30+,31-,36-,37+/m1/s1. The number of hydrogen-bond acceptors (Lipinski definition) is 6. The fraction of sp³-hybridized carbons (Fsp3) is 0.658. The quantitative estimate of drug-likeness (QED) is 0.141. The van der Waals surface area contributed by atoms with Gasteiger partial charge in [-0.05, 0) is 0 Å². The molecule has 1 aromatic carbocycles. The van der Waals surface area contributed by atoms with Gasteiger partial charge in [0.25, 0.3) is 0 Å². The minimum absolute atomic E-state index is 0.0942. The van der Waals surface area contributed by atoms with Crippen LogP contribution in [0.5, 0.6) is 0 Å². The number of rotatable bonds is 9. The number of carbonyl (C=O) groups is 1. The van der Waals surface area contributed by atoms with E-state index in [1.54, 1.807) is 0 Å². The fourth-order valence-electron chi connectivity index (χ4n) is 7.98. The van der Waals surface area contributed by atoms with Gasteiger partial charge < -0.3 is 0 Å². The third kappa shape index (κ3) is 6.67. The second kappa shape index (κ2) is 12.5. The molecule has 2 fully saturated rings. The Kier molecular flexibility index (Phi) is 10.00. The number of ketones is 1. The molecule has 13 heteroatoms. The summed E-state index contributed by atoms with van der Waals surface area (Å²) in [7, 11) is -10.7. The zero-order chi connectivity index (χ0) is 38.6. The zero-order valence-corrected chi connectivity index (χ0v) is 36.8. The average Bonchev–Trinajstić information content (AvgIpc) is 3.25. The summed E-state index contributed by atoms with van der Waals surface area (Å²) in [5.74, 6) is -1.78. The Morgan fingerprint density at radius 1 is 0.922 bits per heavy atom. The summed E-state index contributed by atoms with van der Waals surface area (Å²) in [5, 5.41) is -0.210. The van der Waals surface area contributed by atoms with E-state index < -0.39 is 60.9 Å². The number of alkyl halides is 3. The van der Waals surface area contributed by atoms with Crippen LogP contribution in [0, 0.1) is 28.6 Å². The number of carbonyl (C=O) groups excluding carboxylic acids is 1. The van der Waals surface area contributed by atoms with Gasteiger partial charge in [-0.25, -0.2) is 0 Å². The van der Waals surface area contributed by atoms with Crippen molar-refractivity contribution in [3.05, 3.63) is 65.5 Å². The van der Waals surface area contributed by atoms with Crippen LogP contribution in [0.2, 0.25) is 41.1 Å². The van der Waals surface area contributed by atoms with Crippen LogP contribution in [-0.4, -0.2) is 63.5 Å².